The Hall–Kier alpha value is -2.13. The standard InChI is InChI=1S/C17H17F3N2O3S/c1-12-5-6-16(21-10-12)25-14-7-8-22(11-14)26(23,24)15-4-2-3-13(9-15)17(18,19)20/h2-6,9-10,14H,7-8,11H2,1H3. The van der Waals surface area contributed by atoms with Gasteiger partial charge < -0.3 is 4.74 Å². The highest BCUT2D eigenvalue weighted by molar-refractivity contribution is 7.89. The third kappa shape index (κ3) is 3.99. The molecule has 0 spiro atoms. The Morgan fingerprint density at radius 2 is 2.00 bits per heavy atom. The van der Waals surface area contributed by atoms with Gasteiger partial charge in [0.05, 0.1) is 17.0 Å². The maximum absolute atomic E-state index is 12.8. The van der Waals surface area contributed by atoms with Gasteiger partial charge in [-0.15, -0.1) is 0 Å². The van der Waals surface area contributed by atoms with Crippen LogP contribution in [0.1, 0.15) is 17.5 Å². The Morgan fingerprint density at radius 3 is 2.65 bits per heavy atom. The lowest BCUT2D eigenvalue weighted by atomic mass is 10.2. The number of aromatic nitrogens is 1. The van der Waals surface area contributed by atoms with Crippen LogP contribution >= 0.6 is 0 Å². The summed E-state index contributed by atoms with van der Waals surface area (Å²) in [6, 6.07) is 7.28. The van der Waals surface area contributed by atoms with E-state index in [-0.39, 0.29) is 18.0 Å². The van der Waals surface area contributed by atoms with Crippen LogP contribution in [0, 0.1) is 6.92 Å². The van der Waals surface area contributed by atoms with Crippen molar-refractivity contribution in [1.82, 2.24) is 9.29 Å². The van der Waals surface area contributed by atoms with E-state index in [0.717, 1.165) is 22.0 Å². The van der Waals surface area contributed by atoms with Gasteiger partial charge in [0, 0.05) is 18.8 Å². The van der Waals surface area contributed by atoms with Gasteiger partial charge in [-0.2, -0.15) is 17.5 Å². The van der Waals surface area contributed by atoms with E-state index in [4.69, 9.17) is 4.74 Å². The van der Waals surface area contributed by atoms with Crippen LogP contribution < -0.4 is 4.74 Å². The van der Waals surface area contributed by atoms with Gasteiger partial charge in [-0.05, 0) is 37.1 Å². The van der Waals surface area contributed by atoms with Crippen LogP contribution in [-0.2, 0) is 16.2 Å². The van der Waals surface area contributed by atoms with Crippen LogP contribution in [0.15, 0.2) is 47.5 Å². The van der Waals surface area contributed by atoms with E-state index in [1.165, 1.54) is 6.07 Å². The van der Waals surface area contributed by atoms with Crippen molar-refractivity contribution in [1.29, 1.82) is 0 Å². The molecule has 0 amide bonds. The van der Waals surface area contributed by atoms with Gasteiger partial charge in [0.2, 0.25) is 15.9 Å². The zero-order chi connectivity index (χ0) is 18.9. The van der Waals surface area contributed by atoms with Crippen LogP contribution in [0.25, 0.3) is 0 Å². The summed E-state index contributed by atoms with van der Waals surface area (Å²) in [7, 11) is -4.02. The summed E-state index contributed by atoms with van der Waals surface area (Å²) < 4.78 is 70.6. The first-order valence-electron chi connectivity index (χ1n) is 7.93. The molecule has 26 heavy (non-hydrogen) atoms. The van der Waals surface area contributed by atoms with Crippen molar-refractivity contribution < 1.29 is 26.3 Å². The predicted molar refractivity (Wildman–Crippen MR) is 88.2 cm³/mol. The first kappa shape index (κ1) is 18.7. The fourth-order valence-electron chi connectivity index (χ4n) is 2.69. The van der Waals surface area contributed by atoms with E-state index in [1.54, 1.807) is 12.3 Å². The first-order chi connectivity index (χ1) is 12.2. The third-order valence-electron chi connectivity index (χ3n) is 4.08. The molecule has 0 aliphatic carbocycles. The molecule has 3 rings (SSSR count). The van der Waals surface area contributed by atoms with Crippen molar-refractivity contribution in [2.24, 2.45) is 0 Å². The van der Waals surface area contributed by atoms with Crippen molar-refractivity contribution in [3.63, 3.8) is 0 Å². The van der Waals surface area contributed by atoms with Crippen LogP contribution in [0.4, 0.5) is 13.2 Å². The number of aryl methyl sites for hydroxylation is 1. The number of rotatable bonds is 4. The predicted octanol–water partition coefficient (Wildman–Crippen LogP) is 3.25. The van der Waals surface area contributed by atoms with Crippen LogP contribution in [0.3, 0.4) is 0 Å². The molecule has 2 heterocycles. The van der Waals surface area contributed by atoms with E-state index in [0.29, 0.717) is 18.4 Å². The van der Waals surface area contributed by atoms with Gasteiger partial charge in [0.15, 0.2) is 0 Å². The molecule has 1 saturated heterocycles. The number of hydrogen-bond acceptors (Lipinski definition) is 4. The minimum absolute atomic E-state index is 0.0636. The van der Waals surface area contributed by atoms with Gasteiger partial charge >= 0.3 is 6.18 Å². The maximum atomic E-state index is 12.8. The topological polar surface area (TPSA) is 59.5 Å². The van der Waals surface area contributed by atoms with Crippen molar-refractivity contribution in [2.75, 3.05) is 13.1 Å². The Morgan fingerprint density at radius 1 is 1.23 bits per heavy atom. The van der Waals surface area contributed by atoms with Crippen LogP contribution in [0.2, 0.25) is 0 Å². The zero-order valence-electron chi connectivity index (χ0n) is 13.9. The van der Waals surface area contributed by atoms with E-state index in [2.05, 4.69) is 4.98 Å². The first-order valence-corrected chi connectivity index (χ1v) is 9.37. The van der Waals surface area contributed by atoms with Gasteiger partial charge in [-0.25, -0.2) is 13.4 Å². The summed E-state index contributed by atoms with van der Waals surface area (Å²) in [4.78, 5) is 3.74. The molecule has 140 valence electrons. The monoisotopic (exact) mass is 386 g/mol. The third-order valence-corrected chi connectivity index (χ3v) is 5.94. The summed E-state index contributed by atoms with van der Waals surface area (Å²) in [5.74, 6) is 0.388. The van der Waals surface area contributed by atoms with E-state index >= 15 is 0 Å². The maximum Gasteiger partial charge on any atom is 0.416 e. The molecule has 1 aliphatic rings. The lowest BCUT2D eigenvalue weighted by Gasteiger charge is -2.18. The van der Waals surface area contributed by atoms with E-state index < -0.39 is 27.9 Å². The molecule has 0 bridgehead atoms. The Bertz CT molecular complexity index is 883. The molecule has 1 aromatic heterocycles. The largest absolute Gasteiger partial charge is 0.473 e. The molecule has 9 heteroatoms. The second-order valence-corrected chi connectivity index (χ2v) is 8.03. The Kier molecular flexibility index (Phi) is 4.94. The minimum atomic E-state index is -4.60. The zero-order valence-corrected chi connectivity index (χ0v) is 14.7. The van der Waals surface area contributed by atoms with Crippen LogP contribution in [0.5, 0.6) is 5.88 Å². The molecule has 1 unspecified atom stereocenters. The van der Waals surface area contributed by atoms with E-state index in [9.17, 15) is 21.6 Å². The highest BCUT2D eigenvalue weighted by Gasteiger charge is 2.36. The molecular weight excluding hydrogens is 369 g/mol. The number of ether oxygens (including phenoxy) is 1. The van der Waals surface area contributed by atoms with Crippen molar-refractivity contribution >= 4 is 10.0 Å². The molecule has 0 N–H and O–H groups in total. The summed E-state index contributed by atoms with van der Waals surface area (Å²) in [5, 5.41) is 0. The van der Waals surface area contributed by atoms with Crippen molar-refractivity contribution in [2.45, 2.75) is 30.5 Å². The lowest BCUT2D eigenvalue weighted by Crippen LogP contribution is -2.31. The van der Waals surface area contributed by atoms with Gasteiger partial charge in [-0.1, -0.05) is 12.1 Å². The summed E-state index contributed by atoms with van der Waals surface area (Å²) in [6.45, 7) is 2.12. The Labute approximate surface area is 149 Å². The molecular formula is C17H17F3N2O3S. The SMILES string of the molecule is Cc1ccc(OC2CCN(S(=O)(=O)c3cccc(C(F)(F)F)c3)C2)nc1. The molecule has 1 atom stereocenters. The number of nitrogens with zero attached hydrogens (tertiary/aromatic N) is 2. The molecule has 1 aliphatic heterocycles. The second-order valence-electron chi connectivity index (χ2n) is 6.09. The smallest absolute Gasteiger partial charge is 0.416 e. The number of pyridine rings is 1. The normalized spacial score (nSPS) is 18.8. The van der Waals surface area contributed by atoms with Crippen molar-refractivity contribution in [3.8, 4) is 5.88 Å². The average Bonchev–Trinajstić information content (AvgIpc) is 3.06. The summed E-state index contributed by atoms with van der Waals surface area (Å²) >= 11 is 0. The molecule has 0 saturated carbocycles. The molecule has 1 fully saturated rings. The fraction of sp³-hybridized carbons (Fsp3) is 0.353. The van der Waals surface area contributed by atoms with Gasteiger partial charge in [0.1, 0.15) is 6.10 Å². The molecule has 5 nitrogen and oxygen atoms in total. The number of benzene rings is 1. The lowest BCUT2D eigenvalue weighted by molar-refractivity contribution is -0.137. The number of hydrogen-bond donors (Lipinski definition) is 0. The number of alkyl halides is 3. The molecule has 1 aromatic carbocycles. The fourth-order valence-corrected chi connectivity index (χ4v) is 4.22. The van der Waals surface area contributed by atoms with Crippen molar-refractivity contribution in [3.05, 3.63) is 53.7 Å². The Balaban J connectivity index is 1.74. The minimum Gasteiger partial charge on any atom is -0.473 e. The number of halogens is 3. The van der Waals surface area contributed by atoms with Gasteiger partial charge in [-0.3, -0.25) is 0 Å². The average molecular weight is 386 g/mol. The summed E-state index contributed by atoms with van der Waals surface area (Å²) in [6.07, 6.45) is -2.92. The molecule has 2 aromatic rings. The highest BCUT2D eigenvalue weighted by Crippen LogP contribution is 2.32. The quantitative estimate of drug-likeness (QED) is 0.809. The molecule has 0 radical (unpaired) electrons. The van der Waals surface area contributed by atoms with Gasteiger partial charge in [0.25, 0.3) is 0 Å². The van der Waals surface area contributed by atoms with Crippen LogP contribution in [-0.4, -0.2) is 36.9 Å². The summed E-state index contributed by atoms with van der Waals surface area (Å²) in [5.41, 5.74) is -0.0213. The second kappa shape index (κ2) is 6.88. The highest BCUT2D eigenvalue weighted by atomic mass is 32.2. The number of sulfonamides is 1. The van der Waals surface area contributed by atoms with E-state index in [1.807, 2.05) is 13.0 Å².